The lowest BCUT2D eigenvalue weighted by Gasteiger charge is -2.29. The number of nitrogens with one attached hydrogen (secondary N) is 1. The predicted octanol–water partition coefficient (Wildman–Crippen LogP) is 4.04. The number of ketones is 1. The zero-order valence-electron chi connectivity index (χ0n) is 12.3. The van der Waals surface area contributed by atoms with Gasteiger partial charge in [-0.3, -0.25) is 10.2 Å². The van der Waals surface area contributed by atoms with Crippen LogP contribution in [0.5, 0.6) is 0 Å². The molecule has 132 valence electrons. The molecule has 1 aromatic rings. The molecule has 1 aliphatic rings. The smallest absolute Gasteiger partial charge is 0.381 e. The Hall–Kier alpha value is -2.06. The van der Waals surface area contributed by atoms with Crippen LogP contribution in [0.3, 0.4) is 0 Å². The average Bonchev–Trinajstić information content (AvgIpc) is 2.94. The maximum Gasteiger partial charge on any atom is 0.416 e. The van der Waals surface area contributed by atoms with Gasteiger partial charge in [-0.2, -0.15) is 26.3 Å². The van der Waals surface area contributed by atoms with E-state index in [2.05, 4.69) is 0 Å². The third kappa shape index (κ3) is 3.25. The Morgan fingerprint density at radius 3 is 1.71 bits per heavy atom. The number of amidine groups is 1. The summed E-state index contributed by atoms with van der Waals surface area (Å²) in [7, 11) is 0. The van der Waals surface area contributed by atoms with E-state index in [1.807, 2.05) is 0 Å². The third-order valence-corrected chi connectivity index (χ3v) is 4.28. The summed E-state index contributed by atoms with van der Waals surface area (Å²) in [5, 5.41) is 7.28. The van der Waals surface area contributed by atoms with Gasteiger partial charge in [0.25, 0.3) is 0 Å². The van der Waals surface area contributed by atoms with Gasteiger partial charge in [0.2, 0.25) is 5.78 Å². The summed E-state index contributed by atoms with van der Waals surface area (Å²) >= 11 is 0. The van der Waals surface area contributed by atoms with E-state index in [0.29, 0.717) is 25.0 Å². The lowest BCUT2D eigenvalue weighted by atomic mass is 9.74. The lowest BCUT2D eigenvalue weighted by molar-refractivity contribution is -0.143. The molecule has 0 heterocycles. The van der Waals surface area contributed by atoms with Gasteiger partial charge in [-0.05, 0) is 36.6 Å². The zero-order chi connectivity index (χ0) is 18.3. The number of benzene rings is 1. The van der Waals surface area contributed by atoms with Gasteiger partial charge >= 0.3 is 12.4 Å². The van der Waals surface area contributed by atoms with Gasteiger partial charge in [-0.15, -0.1) is 0 Å². The highest BCUT2D eigenvalue weighted by Crippen LogP contribution is 2.45. The van der Waals surface area contributed by atoms with E-state index in [1.165, 1.54) is 0 Å². The third-order valence-electron chi connectivity index (χ3n) is 4.28. The Balaban J connectivity index is 2.71. The molecule has 2 rings (SSSR count). The van der Waals surface area contributed by atoms with Gasteiger partial charge < -0.3 is 5.73 Å². The van der Waals surface area contributed by atoms with Crippen molar-refractivity contribution < 1.29 is 31.1 Å². The van der Waals surface area contributed by atoms with E-state index >= 15 is 0 Å². The molecule has 0 radical (unpaired) electrons. The Kier molecular flexibility index (Phi) is 4.41. The number of hydrogen-bond acceptors (Lipinski definition) is 2. The van der Waals surface area contributed by atoms with Crippen LogP contribution < -0.4 is 5.73 Å². The molecule has 1 saturated carbocycles. The highest BCUT2D eigenvalue weighted by atomic mass is 19.4. The Morgan fingerprint density at radius 1 is 0.958 bits per heavy atom. The molecular formula is C15H14F6N2O. The Bertz CT molecular complexity index is 639. The molecule has 0 atom stereocenters. The van der Waals surface area contributed by atoms with Crippen molar-refractivity contribution in [1.82, 2.24) is 0 Å². The van der Waals surface area contributed by atoms with Crippen molar-refractivity contribution in [3.8, 4) is 0 Å². The number of carbonyl (C=O) groups excluding carboxylic acids is 1. The van der Waals surface area contributed by atoms with Gasteiger partial charge in [0.15, 0.2) is 5.84 Å². The fourth-order valence-electron chi connectivity index (χ4n) is 3.11. The summed E-state index contributed by atoms with van der Waals surface area (Å²) in [4.78, 5) is 12.3. The number of alkyl halides is 6. The molecule has 1 aromatic carbocycles. The largest absolute Gasteiger partial charge is 0.416 e. The van der Waals surface area contributed by atoms with E-state index < -0.39 is 40.5 Å². The Labute approximate surface area is 133 Å². The second-order valence-electron chi connectivity index (χ2n) is 5.83. The fourth-order valence-corrected chi connectivity index (χ4v) is 3.11. The van der Waals surface area contributed by atoms with Crippen LogP contribution in [-0.4, -0.2) is 11.6 Å². The first kappa shape index (κ1) is 18.3. The molecule has 1 aliphatic carbocycles. The van der Waals surface area contributed by atoms with Crippen molar-refractivity contribution >= 4 is 11.6 Å². The normalized spacial score (nSPS) is 17.8. The van der Waals surface area contributed by atoms with E-state index in [4.69, 9.17) is 11.1 Å². The first-order chi connectivity index (χ1) is 10.9. The molecule has 0 unspecified atom stereocenters. The van der Waals surface area contributed by atoms with Crippen molar-refractivity contribution in [2.24, 2.45) is 5.73 Å². The quantitative estimate of drug-likeness (QED) is 0.490. The molecule has 0 aromatic heterocycles. The second kappa shape index (κ2) is 5.78. The van der Waals surface area contributed by atoms with Crippen molar-refractivity contribution in [3.05, 3.63) is 34.9 Å². The Morgan fingerprint density at radius 2 is 1.38 bits per heavy atom. The topological polar surface area (TPSA) is 66.9 Å². The standard InChI is InChI=1S/C15H14F6N2O/c16-14(17,18)9-5-8(6-10(7-9)15(19,20)21)13(3-1-2-4-13)11(24)12(22)23/h5-7H,1-4H2,(H3,22,23). The van der Waals surface area contributed by atoms with Crippen LogP contribution >= 0.6 is 0 Å². The molecule has 0 aliphatic heterocycles. The van der Waals surface area contributed by atoms with Crippen molar-refractivity contribution in [2.45, 2.75) is 43.5 Å². The van der Waals surface area contributed by atoms with Crippen LogP contribution in [0.2, 0.25) is 0 Å². The molecule has 0 spiro atoms. The predicted molar refractivity (Wildman–Crippen MR) is 73.5 cm³/mol. The highest BCUT2D eigenvalue weighted by Gasteiger charge is 2.46. The monoisotopic (exact) mass is 352 g/mol. The van der Waals surface area contributed by atoms with Crippen LogP contribution in [-0.2, 0) is 22.6 Å². The number of hydrogen-bond donors (Lipinski definition) is 2. The molecule has 3 nitrogen and oxygen atoms in total. The molecule has 24 heavy (non-hydrogen) atoms. The van der Waals surface area contributed by atoms with E-state index in [0.717, 1.165) is 0 Å². The molecule has 1 fully saturated rings. The summed E-state index contributed by atoms with van der Waals surface area (Å²) in [5.74, 6) is -1.81. The molecule has 0 amide bonds. The summed E-state index contributed by atoms with van der Waals surface area (Å²) < 4.78 is 77.9. The van der Waals surface area contributed by atoms with Crippen molar-refractivity contribution in [1.29, 1.82) is 5.41 Å². The van der Waals surface area contributed by atoms with Crippen LogP contribution in [0.25, 0.3) is 0 Å². The molecular weight excluding hydrogens is 338 g/mol. The van der Waals surface area contributed by atoms with Gasteiger partial charge in [0.05, 0.1) is 16.5 Å². The molecule has 9 heteroatoms. The number of halogens is 6. The van der Waals surface area contributed by atoms with Gasteiger partial charge in [-0.1, -0.05) is 12.8 Å². The maximum absolute atomic E-state index is 13.0. The van der Waals surface area contributed by atoms with Crippen molar-refractivity contribution in [2.75, 3.05) is 0 Å². The van der Waals surface area contributed by atoms with Crippen LogP contribution in [0.4, 0.5) is 26.3 Å². The molecule has 3 N–H and O–H groups in total. The minimum Gasteiger partial charge on any atom is -0.381 e. The van der Waals surface area contributed by atoms with Crippen LogP contribution in [0, 0.1) is 5.41 Å². The summed E-state index contributed by atoms with van der Waals surface area (Å²) in [6, 6.07) is 1.13. The van der Waals surface area contributed by atoms with E-state index in [9.17, 15) is 31.1 Å². The van der Waals surface area contributed by atoms with Gasteiger partial charge in [-0.25, -0.2) is 0 Å². The first-order valence-corrected chi connectivity index (χ1v) is 7.07. The number of carbonyl (C=O) groups is 1. The van der Waals surface area contributed by atoms with E-state index in [1.54, 1.807) is 0 Å². The van der Waals surface area contributed by atoms with Crippen LogP contribution in [0.1, 0.15) is 42.4 Å². The summed E-state index contributed by atoms with van der Waals surface area (Å²) in [6.45, 7) is 0. The minimum atomic E-state index is -4.99. The molecule has 0 saturated heterocycles. The van der Waals surface area contributed by atoms with Crippen molar-refractivity contribution in [3.63, 3.8) is 0 Å². The zero-order valence-corrected chi connectivity index (χ0v) is 12.3. The minimum absolute atomic E-state index is 0.0182. The number of Topliss-reactive ketones (excluding diaryl/α,β-unsaturated/α-hetero) is 1. The van der Waals surface area contributed by atoms with Gasteiger partial charge in [0.1, 0.15) is 0 Å². The summed E-state index contributed by atoms with van der Waals surface area (Å²) in [5.41, 5.74) is 0.231. The second-order valence-corrected chi connectivity index (χ2v) is 5.83. The van der Waals surface area contributed by atoms with Gasteiger partial charge in [0, 0.05) is 0 Å². The highest BCUT2D eigenvalue weighted by molar-refractivity contribution is 6.40. The molecule has 0 bridgehead atoms. The maximum atomic E-state index is 13.0. The first-order valence-electron chi connectivity index (χ1n) is 7.07. The number of nitrogens with two attached hydrogens (primary N) is 1. The lowest BCUT2D eigenvalue weighted by Crippen LogP contribution is -2.41. The summed E-state index contributed by atoms with van der Waals surface area (Å²) in [6.07, 6.45) is -8.95. The fraction of sp³-hybridized carbons (Fsp3) is 0.467. The van der Waals surface area contributed by atoms with Crippen LogP contribution in [0.15, 0.2) is 18.2 Å². The van der Waals surface area contributed by atoms with E-state index in [-0.39, 0.29) is 24.5 Å². The SMILES string of the molecule is N=C(N)C(=O)C1(c2cc(C(F)(F)F)cc(C(F)(F)F)c2)CCCC1. The number of rotatable bonds is 3. The average molecular weight is 352 g/mol.